The van der Waals surface area contributed by atoms with E-state index in [2.05, 4.69) is 14.8 Å². The zero-order valence-electron chi connectivity index (χ0n) is 7.64. The summed E-state index contributed by atoms with van der Waals surface area (Å²) >= 11 is 1.48. The molecule has 0 unspecified atom stereocenters. The molecule has 0 N–H and O–H groups in total. The lowest BCUT2D eigenvalue weighted by Crippen LogP contribution is -2.05. The molecule has 1 aromatic heterocycles. The Morgan fingerprint density at radius 3 is 3.00 bits per heavy atom. The van der Waals surface area contributed by atoms with Crippen LogP contribution in [-0.2, 0) is 22.5 Å². The minimum atomic E-state index is -0.286. The number of ether oxygens (including phenoxy) is 1. The SMILES string of the molecule is COC(=O)Cc1cscc1CN=[N+]=[N-]. The zero-order valence-corrected chi connectivity index (χ0v) is 8.45. The van der Waals surface area contributed by atoms with Gasteiger partial charge in [0.1, 0.15) is 0 Å². The van der Waals surface area contributed by atoms with Gasteiger partial charge in [-0.05, 0) is 27.4 Å². The monoisotopic (exact) mass is 211 g/mol. The standard InChI is InChI=1S/C8H9N3O2S/c1-13-8(12)2-6-4-14-5-7(6)3-10-11-9/h4-5H,2-3H2,1H3. The van der Waals surface area contributed by atoms with E-state index in [1.165, 1.54) is 18.4 Å². The molecule has 14 heavy (non-hydrogen) atoms. The molecule has 0 amide bonds. The Labute approximate surface area is 84.9 Å². The molecule has 0 aromatic carbocycles. The maximum atomic E-state index is 11.0. The van der Waals surface area contributed by atoms with Gasteiger partial charge >= 0.3 is 5.97 Å². The van der Waals surface area contributed by atoms with Crippen LogP contribution in [0.5, 0.6) is 0 Å². The van der Waals surface area contributed by atoms with Gasteiger partial charge in [-0.2, -0.15) is 11.3 Å². The Morgan fingerprint density at radius 2 is 2.36 bits per heavy atom. The molecule has 0 spiro atoms. The van der Waals surface area contributed by atoms with E-state index in [0.717, 1.165) is 11.1 Å². The van der Waals surface area contributed by atoms with Gasteiger partial charge in [-0.3, -0.25) is 4.79 Å². The van der Waals surface area contributed by atoms with Gasteiger partial charge in [0.2, 0.25) is 0 Å². The Hall–Kier alpha value is -1.52. The summed E-state index contributed by atoms with van der Waals surface area (Å²) in [5, 5.41) is 7.17. The lowest BCUT2D eigenvalue weighted by molar-refractivity contribution is -0.139. The van der Waals surface area contributed by atoms with Crippen LogP contribution in [0.15, 0.2) is 15.9 Å². The molecule has 0 aliphatic carbocycles. The summed E-state index contributed by atoms with van der Waals surface area (Å²) in [4.78, 5) is 13.6. The van der Waals surface area contributed by atoms with E-state index in [9.17, 15) is 4.79 Å². The number of methoxy groups -OCH3 is 1. The lowest BCUT2D eigenvalue weighted by Gasteiger charge is -1.99. The molecule has 0 radical (unpaired) electrons. The fourth-order valence-corrected chi connectivity index (χ4v) is 1.84. The highest BCUT2D eigenvalue weighted by molar-refractivity contribution is 7.08. The number of esters is 1. The molecule has 0 saturated carbocycles. The predicted octanol–water partition coefficient (Wildman–Crippen LogP) is 2.27. The van der Waals surface area contributed by atoms with E-state index in [0.29, 0.717) is 0 Å². The number of hydrogen-bond donors (Lipinski definition) is 0. The van der Waals surface area contributed by atoms with Crippen LogP contribution in [0.4, 0.5) is 0 Å². The summed E-state index contributed by atoms with van der Waals surface area (Å²) in [6, 6.07) is 0. The molecule has 5 nitrogen and oxygen atoms in total. The minimum Gasteiger partial charge on any atom is -0.469 e. The molecule has 1 heterocycles. The molecule has 0 bridgehead atoms. The Kier molecular flexibility index (Phi) is 3.97. The highest BCUT2D eigenvalue weighted by Gasteiger charge is 2.08. The van der Waals surface area contributed by atoms with Gasteiger partial charge in [0.15, 0.2) is 0 Å². The maximum absolute atomic E-state index is 11.0. The van der Waals surface area contributed by atoms with Crippen LogP contribution in [0, 0.1) is 0 Å². The Morgan fingerprint density at radius 1 is 1.64 bits per heavy atom. The van der Waals surface area contributed by atoms with Crippen LogP contribution >= 0.6 is 11.3 Å². The summed E-state index contributed by atoms with van der Waals surface area (Å²) in [5.41, 5.74) is 9.91. The quantitative estimate of drug-likeness (QED) is 0.331. The summed E-state index contributed by atoms with van der Waals surface area (Å²) in [6.45, 7) is 0.284. The average molecular weight is 211 g/mol. The van der Waals surface area contributed by atoms with Gasteiger partial charge in [0.05, 0.1) is 20.1 Å². The van der Waals surface area contributed by atoms with Gasteiger partial charge in [-0.1, -0.05) is 5.11 Å². The maximum Gasteiger partial charge on any atom is 0.310 e. The third kappa shape index (κ3) is 2.76. The van der Waals surface area contributed by atoms with Crippen LogP contribution in [-0.4, -0.2) is 13.1 Å². The number of nitrogens with zero attached hydrogens (tertiary/aromatic N) is 3. The number of azide groups is 1. The van der Waals surface area contributed by atoms with Gasteiger partial charge in [0.25, 0.3) is 0 Å². The fourth-order valence-electron chi connectivity index (χ4n) is 0.979. The summed E-state index contributed by atoms with van der Waals surface area (Å²) in [6.07, 6.45) is 0.232. The molecule has 1 aromatic rings. The average Bonchev–Trinajstić information content (AvgIpc) is 2.62. The highest BCUT2D eigenvalue weighted by atomic mass is 32.1. The molecule has 74 valence electrons. The normalized spacial score (nSPS) is 9.21. The van der Waals surface area contributed by atoms with Crippen molar-refractivity contribution in [1.29, 1.82) is 0 Å². The van der Waals surface area contributed by atoms with Crippen molar-refractivity contribution in [2.75, 3.05) is 7.11 Å². The van der Waals surface area contributed by atoms with Gasteiger partial charge in [-0.25, -0.2) is 0 Å². The van der Waals surface area contributed by atoms with E-state index >= 15 is 0 Å². The predicted molar refractivity (Wildman–Crippen MR) is 52.9 cm³/mol. The molecule has 6 heteroatoms. The van der Waals surface area contributed by atoms with Crippen LogP contribution in [0.3, 0.4) is 0 Å². The van der Waals surface area contributed by atoms with Crippen LogP contribution in [0.1, 0.15) is 11.1 Å². The van der Waals surface area contributed by atoms with Crippen molar-refractivity contribution in [1.82, 2.24) is 0 Å². The molecule has 0 fully saturated rings. The Balaban J connectivity index is 2.71. The van der Waals surface area contributed by atoms with E-state index in [1.54, 1.807) is 0 Å². The zero-order chi connectivity index (χ0) is 10.4. The highest BCUT2D eigenvalue weighted by Crippen LogP contribution is 2.17. The number of carbonyl (C=O) groups is 1. The van der Waals surface area contributed by atoms with Crippen molar-refractivity contribution in [2.24, 2.45) is 5.11 Å². The first-order valence-electron chi connectivity index (χ1n) is 3.89. The van der Waals surface area contributed by atoms with Crippen LogP contribution in [0.2, 0.25) is 0 Å². The van der Waals surface area contributed by atoms with Crippen molar-refractivity contribution in [2.45, 2.75) is 13.0 Å². The molecule has 0 atom stereocenters. The van der Waals surface area contributed by atoms with E-state index in [1.807, 2.05) is 10.8 Å². The largest absolute Gasteiger partial charge is 0.469 e. The molecule has 1 rings (SSSR count). The fraction of sp³-hybridized carbons (Fsp3) is 0.375. The van der Waals surface area contributed by atoms with Crippen molar-refractivity contribution in [3.8, 4) is 0 Å². The summed E-state index contributed by atoms with van der Waals surface area (Å²) < 4.78 is 4.55. The molecular weight excluding hydrogens is 202 g/mol. The second-order valence-corrected chi connectivity index (χ2v) is 3.31. The smallest absolute Gasteiger partial charge is 0.310 e. The van der Waals surface area contributed by atoms with Gasteiger partial charge in [-0.15, -0.1) is 0 Å². The van der Waals surface area contributed by atoms with Crippen molar-refractivity contribution >= 4 is 17.3 Å². The second-order valence-electron chi connectivity index (χ2n) is 2.56. The number of thiophene rings is 1. The second kappa shape index (κ2) is 5.26. The van der Waals surface area contributed by atoms with Gasteiger partial charge in [0, 0.05) is 4.91 Å². The van der Waals surface area contributed by atoms with E-state index < -0.39 is 0 Å². The molecule has 0 aliphatic rings. The Bertz CT molecular complexity index is 368. The van der Waals surface area contributed by atoms with E-state index in [4.69, 9.17) is 5.53 Å². The molecule has 0 aliphatic heterocycles. The van der Waals surface area contributed by atoms with Crippen molar-refractivity contribution in [3.63, 3.8) is 0 Å². The third-order valence-electron chi connectivity index (χ3n) is 1.70. The first kappa shape index (κ1) is 10.6. The number of rotatable bonds is 4. The van der Waals surface area contributed by atoms with Crippen LogP contribution < -0.4 is 0 Å². The van der Waals surface area contributed by atoms with Crippen molar-refractivity contribution in [3.05, 3.63) is 32.3 Å². The topological polar surface area (TPSA) is 75.1 Å². The first-order valence-corrected chi connectivity index (χ1v) is 4.83. The summed E-state index contributed by atoms with van der Waals surface area (Å²) in [5.74, 6) is -0.286. The number of carbonyl (C=O) groups excluding carboxylic acids is 1. The summed E-state index contributed by atoms with van der Waals surface area (Å²) in [7, 11) is 1.35. The van der Waals surface area contributed by atoms with E-state index in [-0.39, 0.29) is 18.9 Å². The molecular formula is C8H9N3O2S. The van der Waals surface area contributed by atoms with Crippen molar-refractivity contribution < 1.29 is 9.53 Å². The third-order valence-corrected chi connectivity index (χ3v) is 2.54. The first-order chi connectivity index (χ1) is 6.77. The molecule has 0 saturated heterocycles. The van der Waals surface area contributed by atoms with Gasteiger partial charge < -0.3 is 4.74 Å². The van der Waals surface area contributed by atoms with Crippen LogP contribution in [0.25, 0.3) is 10.4 Å². The lowest BCUT2D eigenvalue weighted by atomic mass is 10.1. The minimum absolute atomic E-state index is 0.232. The number of hydrogen-bond acceptors (Lipinski definition) is 4.